The Kier molecular flexibility index (Phi) is 1.79. The minimum absolute atomic E-state index is 0.171. The van der Waals surface area contributed by atoms with E-state index in [1.807, 2.05) is 0 Å². The molecule has 0 unspecified atom stereocenters. The van der Waals surface area contributed by atoms with Gasteiger partial charge in [-0.25, -0.2) is 4.98 Å². The standard InChI is InChI=1S/C7H9N3O2/c11-7(6-3-12-4-9-6)10-5-1-8-2-5/h3-5,8H,1-2H2,(H,10,11). The summed E-state index contributed by atoms with van der Waals surface area (Å²) in [5, 5.41) is 5.85. The van der Waals surface area contributed by atoms with Gasteiger partial charge in [0, 0.05) is 13.1 Å². The van der Waals surface area contributed by atoms with Crippen molar-refractivity contribution in [2.45, 2.75) is 6.04 Å². The fourth-order valence-corrected chi connectivity index (χ4v) is 0.975. The maximum absolute atomic E-state index is 11.2. The van der Waals surface area contributed by atoms with E-state index in [4.69, 9.17) is 0 Å². The van der Waals surface area contributed by atoms with E-state index in [-0.39, 0.29) is 11.9 Å². The summed E-state index contributed by atoms with van der Waals surface area (Å²) in [6.07, 6.45) is 2.58. The second kappa shape index (κ2) is 2.94. The highest BCUT2D eigenvalue weighted by Gasteiger charge is 2.20. The molecule has 2 heterocycles. The third kappa shape index (κ3) is 1.31. The van der Waals surface area contributed by atoms with Gasteiger partial charge >= 0.3 is 0 Å². The zero-order valence-electron chi connectivity index (χ0n) is 6.41. The maximum Gasteiger partial charge on any atom is 0.273 e. The van der Waals surface area contributed by atoms with E-state index in [0.717, 1.165) is 13.1 Å². The summed E-state index contributed by atoms with van der Waals surface area (Å²) in [5.41, 5.74) is 0.335. The molecule has 5 heteroatoms. The van der Waals surface area contributed by atoms with Gasteiger partial charge in [-0.05, 0) is 0 Å². The van der Waals surface area contributed by atoms with Crippen LogP contribution >= 0.6 is 0 Å². The molecule has 0 radical (unpaired) electrons. The van der Waals surface area contributed by atoms with Gasteiger partial charge in [-0.15, -0.1) is 0 Å². The number of amides is 1. The summed E-state index contributed by atoms with van der Waals surface area (Å²) in [5.74, 6) is -0.171. The van der Waals surface area contributed by atoms with Crippen LogP contribution in [-0.2, 0) is 0 Å². The van der Waals surface area contributed by atoms with E-state index < -0.39 is 0 Å². The minimum Gasteiger partial charge on any atom is -0.451 e. The van der Waals surface area contributed by atoms with Gasteiger partial charge in [0.2, 0.25) is 0 Å². The Labute approximate surface area is 69.2 Å². The van der Waals surface area contributed by atoms with Crippen molar-refractivity contribution >= 4 is 5.91 Å². The molecule has 1 fully saturated rings. The molecule has 0 aliphatic carbocycles. The van der Waals surface area contributed by atoms with E-state index in [1.165, 1.54) is 12.7 Å². The molecule has 0 atom stereocenters. The van der Waals surface area contributed by atoms with E-state index in [9.17, 15) is 4.79 Å². The maximum atomic E-state index is 11.2. The lowest BCUT2D eigenvalue weighted by Gasteiger charge is -2.27. The van der Waals surface area contributed by atoms with Crippen LogP contribution in [0.2, 0.25) is 0 Å². The summed E-state index contributed by atoms with van der Waals surface area (Å²) in [6, 6.07) is 0.245. The molecule has 64 valence electrons. The fourth-order valence-electron chi connectivity index (χ4n) is 0.975. The number of hydrogen-bond acceptors (Lipinski definition) is 4. The zero-order valence-corrected chi connectivity index (χ0v) is 6.41. The van der Waals surface area contributed by atoms with Crippen LogP contribution in [0.25, 0.3) is 0 Å². The smallest absolute Gasteiger partial charge is 0.273 e. The highest BCUT2D eigenvalue weighted by molar-refractivity contribution is 5.92. The first-order chi connectivity index (χ1) is 5.86. The molecule has 0 spiro atoms. The summed E-state index contributed by atoms with van der Waals surface area (Å²) in [6.45, 7) is 1.67. The van der Waals surface area contributed by atoms with Crippen LogP contribution in [-0.4, -0.2) is 30.0 Å². The second-order valence-corrected chi connectivity index (χ2v) is 2.70. The van der Waals surface area contributed by atoms with Gasteiger partial charge in [-0.1, -0.05) is 0 Å². The van der Waals surface area contributed by atoms with E-state index in [0.29, 0.717) is 5.69 Å². The second-order valence-electron chi connectivity index (χ2n) is 2.70. The molecule has 0 aromatic carbocycles. The van der Waals surface area contributed by atoms with Crippen molar-refractivity contribution < 1.29 is 9.21 Å². The van der Waals surface area contributed by atoms with Crippen molar-refractivity contribution in [1.29, 1.82) is 0 Å². The lowest BCUT2D eigenvalue weighted by atomic mass is 10.2. The molecule has 2 rings (SSSR count). The first kappa shape index (κ1) is 7.30. The topological polar surface area (TPSA) is 67.2 Å². The molecular weight excluding hydrogens is 158 g/mol. The van der Waals surface area contributed by atoms with Gasteiger partial charge in [-0.2, -0.15) is 0 Å². The molecule has 1 aliphatic rings. The Morgan fingerprint density at radius 2 is 2.58 bits per heavy atom. The first-order valence-corrected chi connectivity index (χ1v) is 3.76. The molecule has 1 aromatic rings. The molecule has 1 saturated heterocycles. The Morgan fingerprint density at radius 1 is 1.75 bits per heavy atom. The first-order valence-electron chi connectivity index (χ1n) is 3.76. The number of oxazole rings is 1. The lowest BCUT2D eigenvalue weighted by molar-refractivity contribution is 0.0919. The molecular formula is C7H9N3O2. The normalized spacial score (nSPS) is 17.0. The molecule has 2 N–H and O–H groups in total. The highest BCUT2D eigenvalue weighted by Crippen LogP contribution is 1.97. The van der Waals surface area contributed by atoms with Crippen LogP contribution in [0.5, 0.6) is 0 Å². The summed E-state index contributed by atoms with van der Waals surface area (Å²) >= 11 is 0. The summed E-state index contributed by atoms with van der Waals surface area (Å²) in [7, 11) is 0. The van der Waals surface area contributed by atoms with Crippen molar-refractivity contribution in [2.75, 3.05) is 13.1 Å². The van der Waals surface area contributed by atoms with Gasteiger partial charge in [0.1, 0.15) is 6.26 Å². The van der Waals surface area contributed by atoms with Gasteiger partial charge in [0.15, 0.2) is 12.1 Å². The van der Waals surface area contributed by atoms with Gasteiger partial charge in [-0.3, -0.25) is 4.79 Å². The molecule has 1 amide bonds. The predicted octanol–water partition coefficient (Wildman–Crippen LogP) is -0.624. The number of nitrogens with one attached hydrogen (secondary N) is 2. The number of carbonyl (C=O) groups excluding carboxylic acids is 1. The van der Waals surface area contributed by atoms with Crippen molar-refractivity contribution in [3.63, 3.8) is 0 Å². The van der Waals surface area contributed by atoms with E-state index in [2.05, 4.69) is 20.0 Å². The van der Waals surface area contributed by atoms with Gasteiger partial charge in [0.25, 0.3) is 5.91 Å². The molecule has 1 aromatic heterocycles. The van der Waals surface area contributed by atoms with Crippen LogP contribution in [0.4, 0.5) is 0 Å². The Bertz CT molecular complexity index is 266. The lowest BCUT2D eigenvalue weighted by Crippen LogP contribution is -2.56. The third-order valence-electron chi connectivity index (χ3n) is 1.78. The van der Waals surface area contributed by atoms with E-state index >= 15 is 0 Å². The Hall–Kier alpha value is -1.36. The molecule has 1 aliphatic heterocycles. The van der Waals surface area contributed by atoms with Crippen LogP contribution < -0.4 is 10.6 Å². The van der Waals surface area contributed by atoms with Gasteiger partial charge in [0.05, 0.1) is 6.04 Å². The molecule has 0 saturated carbocycles. The van der Waals surface area contributed by atoms with Crippen molar-refractivity contribution in [2.24, 2.45) is 0 Å². The monoisotopic (exact) mass is 167 g/mol. The Morgan fingerprint density at radius 3 is 3.08 bits per heavy atom. The Balaban J connectivity index is 1.92. The minimum atomic E-state index is -0.171. The van der Waals surface area contributed by atoms with Crippen LogP contribution in [0.1, 0.15) is 10.5 Å². The molecule has 0 bridgehead atoms. The number of rotatable bonds is 2. The SMILES string of the molecule is O=C(NC1CNC1)c1cocn1. The predicted molar refractivity (Wildman–Crippen MR) is 40.6 cm³/mol. The highest BCUT2D eigenvalue weighted by atomic mass is 16.3. The summed E-state index contributed by atoms with van der Waals surface area (Å²) in [4.78, 5) is 15.0. The zero-order chi connectivity index (χ0) is 8.39. The number of hydrogen-bond donors (Lipinski definition) is 2. The fraction of sp³-hybridized carbons (Fsp3) is 0.429. The number of aromatic nitrogens is 1. The number of nitrogens with zero attached hydrogens (tertiary/aromatic N) is 1. The van der Waals surface area contributed by atoms with E-state index in [1.54, 1.807) is 0 Å². The average molecular weight is 167 g/mol. The third-order valence-corrected chi connectivity index (χ3v) is 1.78. The van der Waals surface area contributed by atoms with Crippen molar-refractivity contribution in [3.05, 3.63) is 18.4 Å². The van der Waals surface area contributed by atoms with Crippen LogP contribution in [0.3, 0.4) is 0 Å². The quantitative estimate of drug-likeness (QED) is 0.615. The van der Waals surface area contributed by atoms with Gasteiger partial charge < -0.3 is 15.1 Å². The molecule has 12 heavy (non-hydrogen) atoms. The van der Waals surface area contributed by atoms with Crippen molar-refractivity contribution in [1.82, 2.24) is 15.6 Å². The number of carbonyl (C=O) groups is 1. The van der Waals surface area contributed by atoms with Crippen LogP contribution in [0.15, 0.2) is 17.1 Å². The van der Waals surface area contributed by atoms with Crippen LogP contribution in [0, 0.1) is 0 Å². The van der Waals surface area contributed by atoms with Crippen molar-refractivity contribution in [3.8, 4) is 0 Å². The largest absolute Gasteiger partial charge is 0.451 e. The summed E-state index contributed by atoms with van der Waals surface area (Å²) < 4.78 is 4.68. The molecule has 5 nitrogen and oxygen atoms in total. The average Bonchev–Trinajstić information content (AvgIpc) is 2.47.